The van der Waals surface area contributed by atoms with Gasteiger partial charge in [0.1, 0.15) is 11.5 Å². The maximum Gasteiger partial charge on any atom is 0.316 e. The predicted octanol–water partition coefficient (Wildman–Crippen LogP) is 2.76. The zero-order valence-electron chi connectivity index (χ0n) is 24.7. The molecule has 0 spiro atoms. The molecule has 43 heavy (non-hydrogen) atoms. The maximum atomic E-state index is 12.9. The van der Waals surface area contributed by atoms with Crippen LogP contribution in [0.25, 0.3) is 5.65 Å². The van der Waals surface area contributed by atoms with Crippen LogP contribution in [-0.2, 0) is 27.9 Å². The normalized spacial score (nSPS) is 13.7. The summed E-state index contributed by atoms with van der Waals surface area (Å²) in [6.07, 6.45) is 0. The maximum absolute atomic E-state index is 12.9. The topological polar surface area (TPSA) is 181 Å². The minimum Gasteiger partial charge on any atom is -0.389 e. The molecule has 4 aromatic rings. The van der Waals surface area contributed by atoms with Crippen molar-refractivity contribution in [2.75, 3.05) is 18.8 Å². The number of nitrogens with zero attached hydrogens (tertiary/aromatic N) is 3. The van der Waals surface area contributed by atoms with Crippen LogP contribution >= 0.6 is 0 Å². The first kappa shape index (κ1) is 31.7. The largest absolute Gasteiger partial charge is 0.389 e. The number of hydrogen-bond acceptors (Lipinski definition) is 8. The molecule has 0 radical (unpaired) electrons. The van der Waals surface area contributed by atoms with Crippen molar-refractivity contribution in [1.29, 1.82) is 0 Å². The van der Waals surface area contributed by atoms with Gasteiger partial charge in [0.25, 0.3) is 23.1 Å². The van der Waals surface area contributed by atoms with Crippen LogP contribution < -0.4 is 28.4 Å². The number of aryl methyl sites for hydroxylation is 1. The molecule has 2 aromatic heterocycles. The Balaban J connectivity index is 1.43. The van der Waals surface area contributed by atoms with Crippen molar-refractivity contribution in [3.8, 4) is 11.5 Å². The Morgan fingerprint density at radius 3 is 2.19 bits per heavy atom. The number of anilines is 1. The first-order valence-corrected chi connectivity index (χ1v) is 15.3. The van der Waals surface area contributed by atoms with Gasteiger partial charge in [0.05, 0.1) is 11.7 Å². The third kappa shape index (κ3) is 7.57. The van der Waals surface area contributed by atoms with Crippen LogP contribution in [0.3, 0.4) is 0 Å². The van der Waals surface area contributed by atoms with E-state index in [2.05, 4.69) is 56.1 Å². The molecule has 0 fully saturated rings. The van der Waals surface area contributed by atoms with E-state index in [1.165, 1.54) is 38.4 Å². The fourth-order valence-electron chi connectivity index (χ4n) is 3.92. The SMILES string of the molecule is CNC(=O)c1cc(OS(=O)Nc2ccc(C)c(OS(=O)NC(C)c3nnc4cc(C(C)(C)C)[nH]n34)c2)cc(C(=O)NC)c1. The summed E-state index contributed by atoms with van der Waals surface area (Å²) < 4.78 is 44.1. The minimum atomic E-state index is -2.13. The molecule has 5 N–H and O–H groups in total. The number of nitrogens with one attached hydrogen (secondary N) is 5. The number of fused-ring (bicyclic) bond motifs is 1. The number of rotatable bonds is 11. The second kappa shape index (κ2) is 12.9. The average Bonchev–Trinajstić information content (AvgIpc) is 3.55. The highest BCUT2D eigenvalue weighted by Gasteiger charge is 2.23. The van der Waals surface area contributed by atoms with E-state index < -0.39 is 40.4 Å². The van der Waals surface area contributed by atoms with Gasteiger partial charge in [0, 0.05) is 48.5 Å². The van der Waals surface area contributed by atoms with Crippen molar-refractivity contribution in [2.24, 2.45) is 0 Å². The molecule has 2 aromatic carbocycles. The van der Waals surface area contributed by atoms with Gasteiger partial charge in [-0.25, -0.2) is 4.52 Å². The highest BCUT2D eigenvalue weighted by molar-refractivity contribution is 7.82. The van der Waals surface area contributed by atoms with Gasteiger partial charge in [0.15, 0.2) is 11.5 Å². The van der Waals surface area contributed by atoms with Crippen molar-refractivity contribution < 1.29 is 26.4 Å². The number of hydrogen-bond donors (Lipinski definition) is 5. The number of aromatic nitrogens is 4. The Labute approximate surface area is 253 Å². The van der Waals surface area contributed by atoms with E-state index in [1.807, 2.05) is 6.07 Å². The summed E-state index contributed by atoms with van der Waals surface area (Å²) in [5, 5.41) is 16.6. The van der Waals surface area contributed by atoms with E-state index in [-0.39, 0.29) is 28.0 Å². The molecule has 230 valence electrons. The number of carbonyl (C=O) groups excluding carboxylic acids is 2. The van der Waals surface area contributed by atoms with Crippen LogP contribution in [0.1, 0.15) is 71.5 Å². The molecule has 0 aliphatic carbocycles. The molecule has 3 atom stereocenters. The molecular formula is C27H34N8O6S2. The van der Waals surface area contributed by atoms with Gasteiger partial charge in [-0.2, -0.15) is 13.1 Å². The van der Waals surface area contributed by atoms with Gasteiger partial charge in [-0.1, -0.05) is 26.8 Å². The highest BCUT2D eigenvalue weighted by Crippen LogP contribution is 2.26. The van der Waals surface area contributed by atoms with Gasteiger partial charge in [0.2, 0.25) is 0 Å². The molecule has 2 heterocycles. The van der Waals surface area contributed by atoms with Crippen molar-refractivity contribution in [2.45, 2.75) is 46.1 Å². The summed E-state index contributed by atoms with van der Waals surface area (Å²) in [5.74, 6) is -0.0529. The number of aromatic amines is 1. The van der Waals surface area contributed by atoms with Crippen molar-refractivity contribution >= 4 is 45.7 Å². The van der Waals surface area contributed by atoms with Crippen LogP contribution in [0.4, 0.5) is 5.69 Å². The molecular weight excluding hydrogens is 596 g/mol. The van der Waals surface area contributed by atoms with Crippen LogP contribution in [0, 0.1) is 6.92 Å². The lowest BCUT2D eigenvalue weighted by Crippen LogP contribution is -2.27. The van der Waals surface area contributed by atoms with E-state index >= 15 is 0 Å². The van der Waals surface area contributed by atoms with Crippen LogP contribution in [0.2, 0.25) is 0 Å². The quantitative estimate of drug-likeness (QED) is 0.168. The number of carbonyl (C=O) groups is 2. The Morgan fingerprint density at radius 1 is 0.930 bits per heavy atom. The van der Waals surface area contributed by atoms with E-state index in [0.29, 0.717) is 22.7 Å². The molecule has 14 nitrogen and oxygen atoms in total. The summed E-state index contributed by atoms with van der Waals surface area (Å²) >= 11 is -4.10. The molecule has 0 saturated heterocycles. The summed E-state index contributed by atoms with van der Waals surface area (Å²) in [7, 11) is 2.90. The number of benzene rings is 2. The summed E-state index contributed by atoms with van der Waals surface area (Å²) in [5.41, 5.74) is 2.85. The van der Waals surface area contributed by atoms with Crippen molar-refractivity contribution in [3.05, 3.63) is 70.7 Å². The lowest BCUT2D eigenvalue weighted by molar-refractivity contribution is 0.0962. The zero-order chi connectivity index (χ0) is 31.5. The lowest BCUT2D eigenvalue weighted by Gasteiger charge is -2.16. The van der Waals surface area contributed by atoms with Crippen LogP contribution in [0.15, 0.2) is 42.5 Å². The lowest BCUT2D eigenvalue weighted by atomic mass is 9.93. The Morgan fingerprint density at radius 2 is 1.58 bits per heavy atom. The molecule has 0 aliphatic rings. The Kier molecular flexibility index (Phi) is 9.52. The fourth-order valence-corrected chi connectivity index (χ4v) is 5.34. The van der Waals surface area contributed by atoms with E-state index in [9.17, 15) is 18.0 Å². The van der Waals surface area contributed by atoms with Gasteiger partial charge < -0.3 is 19.0 Å². The minimum absolute atomic E-state index is 0.0349. The fraction of sp³-hybridized carbons (Fsp3) is 0.333. The van der Waals surface area contributed by atoms with E-state index in [0.717, 1.165) is 5.69 Å². The van der Waals surface area contributed by atoms with Crippen LogP contribution in [-0.4, -0.2) is 54.1 Å². The first-order chi connectivity index (χ1) is 20.3. The van der Waals surface area contributed by atoms with Crippen LogP contribution in [0.5, 0.6) is 11.5 Å². The molecule has 0 saturated carbocycles. The molecule has 4 rings (SSSR count). The van der Waals surface area contributed by atoms with E-state index in [1.54, 1.807) is 30.5 Å². The predicted molar refractivity (Wildman–Crippen MR) is 163 cm³/mol. The summed E-state index contributed by atoms with van der Waals surface area (Å²) in [6.45, 7) is 9.80. The molecule has 0 aliphatic heterocycles. The highest BCUT2D eigenvalue weighted by atomic mass is 32.2. The Hall–Kier alpha value is -4.28. The van der Waals surface area contributed by atoms with Gasteiger partial charge in [-0.15, -0.1) is 10.2 Å². The first-order valence-electron chi connectivity index (χ1n) is 13.2. The van der Waals surface area contributed by atoms with Gasteiger partial charge in [-0.3, -0.25) is 19.4 Å². The molecule has 0 bridgehead atoms. The third-order valence-electron chi connectivity index (χ3n) is 6.30. The smallest absolute Gasteiger partial charge is 0.316 e. The Bertz CT molecular complexity index is 1680. The molecule has 16 heteroatoms. The van der Waals surface area contributed by atoms with Crippen molar-refractivity contribution in [1.82, 2.24) is 35.2 Å². The van der Waals surface area contributed by atoms with Crippen molar-refractivity contribution in [3.63, 3.8) is 0 Å². The standard InChI is InChI=1S/C27H34N8O6S2/c1-15-8-9-19(34-43(39)40-20-11-17(25(36)28-6)10-18(12-20)26(37)29-7)13-21(15)41-42(38)33-16(2)24-31-30-23-14-22(27(3,4)5)32-35(23)24/h8-14,16,32-34H,1-7H3,(H,28,36)(H,29,37). The zero-order valence-corrected chi connectivity index (χ0v) is 26.4. The summed E-state index contributed by atoms with van der Waals surface area (Å²) in [6, 6.07) is 10.4. The monoisotopic (exact) mass is 630 g/mol. The molecule has 2 amide bonds. The second-order valence-corrected chi connectivity index (χ2v) is 12.3. The van der Waals surface area contributed by atoms with Gasteiger partial charge in [-0.05, 0) is 43.7 Å². The summed E-state index contributed by atoms with van der Waals surface area (Å²) in [4.78, 5) is 24.3. The molecule has 3 unspecified atom stereocenters. The van der Waals surface area contributed by atoms with E-state index in [4.69, 9.17) is 8.37 Å². The third-order valence-corrected chi connectivity index (χ3v) is 7.92. The second-order valence-electron chi connectivity index (χ2n) is 10.6. The number of amides is 2. The average molecular weight is 631 g/mol. The van der Waals surface area contributed by atoms with Gasteiger partial charge >= 0.3 is 11.3 Å². The number of H-pyrrole nitrogens is 1.